The van der Waals surface area contributed by atoms with Gasteiger partial charge < -0.3 is 5.32 Å². The van der Waals surface area contributed by atoms with Gasteiger partial charge in [0.1, 0.15) is 5.88 Å². The average Bonchev–Trinajstić information content (AvgIpc) is 2.17. The first-order valence-corrected chi connectivity index (χ1v) is 6.05. The number of benzene rings is 1. The molecule has 1 rings (SSSR count). The van der Waals surface area contributed by atoms with Crippen molar-refractivity contribution in [3.8, 4) is 0 Å². The molecule has 1 aromatic rings. The van der Waals surface area contributed by atoms with Gasteiger partial charge in [0.25, 0.3) is 0 Å². The minimum absolute atomic E-state index is 0.0432. The van der Waals surface area contributed by atoms with Gasteiger partial charge in [0.05, 0.1) is 6.04 Å². The summed E-state index contributed by atoms with van der Waals surface area (Å²) in [4.78, 5) is 11.1. The largest absolute Gasteiger partial charge is 0.348 e. The number of rotatable bonds is 3. The van der Waals surface area contributed by atoms with Gasteiger partial charge in [0.15, 0.2) is 0 Å². The Morgan fingerprint density at radius 3 is 2.80 bits per heavy atom. The second-order valence-electron chi connectivity index (χ2n) is 3.09. The van der Waals surface area contributed by atoms with Crippen LogP contribution >= 0.6 is 39.1 Å². The van der Waals surface area contributed by atoms with Gasteiger partial charge in [-0.15, -0.1) is 11.6 Å². The van der Waals surface area contributed by atoms with E-state index in [1.165, 1.54) is 0 Å². The van der Waals surface area contributed by atoms with Crippen molar-refractivity contribution in [3.05, 3.63) is 33.3 Å². The second-order valence-corrected chi connectivity index (χ2v) is 4.68. The summed E-state index contributed by atoms with van der Waals surface area (Å²) in [6.07, 6.45) is 0. The Morgan fingerprint density at radius 1 is 1.60 bits per heavy atom. The van der Waals surface area contributed by atoms with E-state index in [1.807, 2.05) is 19.1 Å². The van der Waals surface area contributed by atoms with Crippen LogP contribution in [0.15, 0.2) is 22.7 Å². The summed E-state index contributed by atoms with van der Waals surface area (Å²) in [6, 6.07) is 5.40. The van der Waals surface area contributed by atoms with Crippen molar-refractivity contribution < 1.29 is 4.79 Å². The number of halogens is 3. The fourth-order valence-corrected chi connectivity index (χ4v) is 2.12. The molecule has 0 aromatic heterocycles. The highest BCUT2D eigenvalue weighted by Gasteiger charge is 2.11. The smallest absolute Gasteiger partial charge is 0.235 e. The van der Waals surface area contributed by atoms with Crippen molar-refractivity contribution >= 4 is 45.0 Å². The number of amides is 1. The summed E-state index contributed by atoms with van der Waals surface area (Å²) >= 11 is 14.7. The Kier molecular flexibility index (Phi) is 4.90. The third-order valence-electron chi connectivity index (χ3n) is 1.93. The molecule has 0 unspecified atom stereocenters. The number of nitrogens with one attached hydrogen (secondary N) is 1. The lowest BCUT2D eigenvalue weighted by molar-refractivity contribution is -0.119. The van der Waals surface area contributed by atoms with Gasteiger partial charge in [-0.1, -0.05) is 33.6 Å². The monoisotopic (exact) mass is 309 g/mol. The molecule has 2 nitrogen and oxygen atoms in total. The van der Waals surface area contributed by atoms with Crippen molar-refractivity contribution in [2.45, 2.75) is 13.0 Å². The lowest BCUT2D eigenvalue weighted by atomic mass is 10.1. The summed E-state index contributed by atoms with van der Waals surface area (Å²) in [5, 5.41) is 3.35. The first-order chi connectivity index (χ1) is 7.04. The van der Waals surface area contributed by atoms with Crippen molar-refractivity contribution in [2.75, 3.05) is 5.88 Å². The van der Waals surface area contributed by atoms with E-state index in [4.69, 9.17) is 23.2 Å². The topological polar surface area (TPSA) is 29.1 Å². The van der Waals surface area contributed by atoms with Gasteiger partial charge in [0, 0.05) is 9.50 Å². The molecule has 1 aromatic carbocycles. The van der Waals surface area contributed by atoms with Gasteiger partial charge >= 0.3 is 0 Å². The molecule has 0 aliphatic rings. The molecular formula is C10H10BrCl2NO. The maximum atomic E-state index is 11.1. The number of carbonyl (C=O) groups excluding carboxylic acids is 1. The third-order valence-corrected chi connectivity index (χ3v) is 2.99. The molecule has 0 radical (unpaired) electrons. The van der Waals surface area contributed by atoms with Crippen LogP contribution in [0, 0.1) is 0 Å². The van der Waals surface area contributed by atoms with Gasteiger partial charge in [-0.2, -0.15) is 0 Å². The van der Waals surface area contributed by atoms with E-state index < -0.39 is 0 Å². The lowest BCUT2D eigenvalue weighted by Gasteiger charge is -2.15. The maximum absolute atomic E-state index is 11.1. The molecular weight excluding hydrogens is 301 g/mol. The van der Waals surface area contributed by atoms with Crippen molar-refractivity contribution in [2.24, 2.45) is 0 Å². The average molecular weight is 311 g/mol. The molecule has 82 valence electrons. The van der Waals surface area contributed by atoms with Crippen molar-refractivity contribution in [1.29, 1.82) is 0 Å². The van der Waals surface area contributed by atoms with Crippen molar-refractivity contribution in [1.82, 2.24) is 5.32 Å². The second kappa shape index (κ2) is 5.73. The molecule has 15 heavy (non-hydrogen) atoms. The molecule has 1 atom stereocenters. The van der Waals surface area contributed by atoms with E-state index in [1.54, 1.807) is 6.07 Å². The zero-order valence-corrected chi connectivity index (χ0v) is 11.2. The summed E-state index contributed by atoms with van der Waals surface area (Å²) in [5.41, 5.74) is 0.873. The highest BCUT2D eigenvalue weighted by Crippen LogP contribution is 2.26. The Labute approximate surface area is 107 Å². The van der Waals surface area contributed by atoms with E-state index >= 15 is 0 Å². The van der Waals surface area contributed by atoms with Crippen LogP contribution in [-0.4, -0.2) is 11.8 Å². The highest BCUT2D eigenvalue weighted by atomic mass is 79.9. The van der Waals surface area contributed by atoms with Crippen LogP contribution < -0.4 is 5.32 Å². The first-order valence-electron chi connectivity index (χ1n) is 4.35. The molecule has 0 saturated heterocycles. The number of carbonyl (C=O) groups is 1. The molecule has 0 spiro atoms. The van der Waals surface area contributed by atoms with Crippen LogP contribution in [-0.2, 0) is 4.79 Å². The van der Waals surface area contributed by atoms with Crippen LogP contribution in [0.3, 0.4) is 0 Å². The quantitative estimate of drug-likeness (QED) is 0.850. The minimum Gasteiger partial charge on any atom is -0.348 e. The van der Waals surface area contributed by atoms with E-state index in [-0.39, 0.29) is 17.8 Å². The Hall–Kier alpha value is -0.250. The summed E-state index contributed by atoms with van der Waals surface area (Å²) < 4.78 is 0.909. The molecule has 0 bridgehead atoms. The molecule has 0 aliphatic heterocycles. The molecule has 1 N–H and O–H groups in total. The number of hydrogen-bond acceptors (Lipinski definition) is 1. The summed E-state index contributed by atoms with van der Waals surface area (Å²) in [7, 11) is 0. The SMILES string of the molecule is C[C@H](NC(=O)CCl)c1ccc(Br)cc1Cl. The van der Waals surface area contributed by atoms with Crippen LogP contribution in [0.4, 0.5) is 0 Å². The molecule has 5 heteroatoms. The zero-order chi connectivity index (χ0) is 11.4. The zero-order valence-electron chi connectivity index (χ0n) is 8.06. The Balaban J connectivity index is 2.82. The predicted molar refractivity (Wildman–Crippen MR) is 66.4 cm³/mol. The van der Waals surface area contributed by atoms with Gasteiger partial charge in [-0.25, -0.2) is 0 Å². The van der Waals surface area contributed by atoms with E-state index in [9.17, 15) is 4.79 Å². The van der Waals surface area contributed by atoms with Gasteiger partial charge in [-0.3, -0.25) is 4.79 Å². The Bertz CT molecular complexity index is 370. The first kappa shape index (κ1) is 12.8. The predicted octanol–water partition coefficient (Wildman–Crippen LogP) is 3.52. The highest BCUT2D eigenvalue weighted by molar-refractivity contribution is 9.10. The molecule has 0 fully saturated rings. The minimum atomic E-state index is -0.205. The van der Waals surface area contributed by atoms with Crippen LogP contribution in [0.25, 0.3) is 0 Å². The summed E-state index contributed by atoms with van der Waals surface area (Å²) in [5.74, 6) is -0.249. The number of alkyl halides is 1. The molecule has 0 saturated carbocycles. The van der Waals surface area contributed by atoms with Crippen molar-refractivity contribution in [3.63, 3.8) is 0 Å². The van der Waals surface area contributed by atoms with E-state index in [0.717, 1.165) is 10.0 Å². The normalized spacial score (nSPS) is 12.3. The summed E-state index contributed by atoms with van der Waals surface area (Å²) in [6.45, 7) is 1.86. The lowest BCUT2D eigenvalue weighted by Crippen LogP contribution is -2.27. The standard InChI is InChI=1S/C10H10BrCl2NO/c1-6(14-10(15)5-12)8-3-2-7(11)4-9(8)13/h2-4,6H,5H2,1H3,(H,14,15)/t6-/m0/s1. The van der Waals surface area contributed by atoms with E-state index in [2.05, 4.69) is 21.2 Å². The van der Waals surface area contributed by atoms with Crippen LogP contribution in [0.2, 0.25) is 5.02 Å². The number of hydrogen-bond donors (Lipinski definition) is 1. The van der Waals surface area contributed by atoms with Crippen LogP contribution in [0.5, 0.6) is 0 Å². The third kappa shape index (κ3) is 3.67. The fraction of sp³-hybridized carbons (Fsp3) is 0.300. The fourth-order valence-electron chi connectivity index (χ4n) is 1.21. The molecule has 0 heterocycles. The Morgan fingerprint density at radius 2 is 2.27 bits per heavy atom. The van der Waals surface area contributed by atoms with E-state index in [0.29, 0.717) is 5.02 Å². The van der Waals surface area contributed by atoms with Crippen LogP contribution in [0.1, 0.15) is 18.5 Å². The molecule has 1 amide bonds. The molecule has 0 aliphatic carbocycles. The van der Waals surface area contributed by atoms with Gasteiger partial charge in [-0.05, 0) is 24.6 Å². The van der Waals surface area contributed by atoms with Gasteiger partial charge in [0.2, 0.25) is 5.91 Å². The maximum Gasteiger partial charge on any atom is 0.235 e.